The van der Waals surface area contributed by atoms with E-state index in [0.29, 0.717) is 18.3 Å². The molecular weight excluding hydrogens is 210 g/mol. The van der Waals surface area contributed by atoms with Crippen LogP contribution in [0, 0.1) is 17.6 Å². The number of hydrogen-bond donors (Lipinski definition) is 0. The van der Waals surface area contributed by atoms with Gasteiger partial charge in [0.2, 0.25) is 0 Å². The highest BCUT2D eigenvalue weighted by molar-refractivity contribution is 5.23. The number of benzene rings is 1. The van der Waals surface area contributed by atoms with Gasteiger partial charge < -0.3 is 4.74 Å². The van der Waals surface area contributed by atoms with Crippen molar-refractivity contribution < 1.29 is 13.5 Å². The van der Waals surface area contributed by atoms with Crippen LogP contribution in [0.15, 0.2) is 18.2 Å². The molecule has 1 fully saturated rings. The Morgan fingerprint density at radius 2 is 1.81 bits per heavy atom. The van der Waals surface area contributed by atoms with E-state index in [0.717, 1.165) is 12.1 Å². The summed E-state index contributed by atoms with van der Waals surface area (Å²) in [5.74, 6) is -0.683. The van der Waals surface area contributed by atoms with Crippen molar-refractivity contribution >= 4 is 0 Å². The molecule has 3 heteroatoms. The van der Waals surface area contributed by atoms with Gasteiger partial charge in [0.25, 0.3) is 0 Å². The van der Waals surface area contributed by atoms with Gasteiger partial charge in [0.05, 0.1) is 6.61 Å². The van der Waals surface area contributed by atoms with Gasteiger partial charge in [0, 0.05) is 6.07 Å². The molecule has 16 heavy (non-hydrogen) atoms. The van der Waals surface area contributed by atoms with E-state index in [2.05, 4.69) is 0 Å². The minimum Gasteiger partial charge on any atom is -0.493 e. The lowest BCUT2D eigenvalue weighted by Crippen LogP contribution is -2.15. The first-order valence-corrected chi connectivity index (χ1v) is 5.83. The van der Waals surface area contributed by atoms with Crippen LogP contribution in [0.25, 0.3) is 0 Å². The van der Waals surface area contributed by atoms with Gasteiger partial charge >= 0.3 is 0 Å². The molecule has 0 aliphatic heterocycles. The maximum Gasteiger partial charge on any atom is 0.162 e. The molecule has 0 saturated heterocycles. The van der Waals surface area contributed by atoms with Gasteiger partial charge in [-0.1, -0.05) is 19.3 Å². The van der Waals surface area contributed by atoms with Crippen LogP contribution in [-0.2, 0) is 0 Å². The molecule has 0 heterocycles. The van der Waals surface area contributed by atoms with E-state index in [9.17, 15) is 8.78 Å². The monoisotopic (exact) mass is 226 g/mol. The average molecular weight is 226 g/mol. The molecule has 0 N–H and O–H groups in total. The first-order valence-electron chi connectivity index (χ1n) is 5.83. The first kappa shape index (κ1) is 11.4. The van der Waals surface area contributed by atoms with Gasteiger partial charge in [-0.2, -0.15) is 0 Å². The molecular formula is C13H16F2O. The molecule has 1 aromatic carbocycles. The molecule has 1 saturated carbocycles. The van der Waals surface area contributed by atoms with Crippen LogP contribution in [0.1, 0.15) is 32.1 Å². The summed E-state index contributed by atoms with van der Waals surface area (Å²) in [6.45, 7) is 0.616. The Balaban J connectivity index is 1.86. The van der Waals surface area contributed by atoms with E-state index in [-0.39, 0.29) is 0 Å². The maximum absolute atomic E-state index is 12.9. The van der Waals surface area contributed by atoms with E-state index in [4.69, 9.17) is 4.74 Å². The van der Waals surface area contributed by atoms with Crippen LogP contribution >= 0.6 is 0 Å². The highest BCUT2D eigenvalue weighted by Gasteiger charge is 2.14. The Labute approximate surface area is 94.4 Å². The zero-order valence-corrected chi connectivity index (χ0v) is 9.22. The fourth-order valence-electron chi connectivity index (χ4n) is 2.13. The van der Waals surface area contributed by atoms with Crippen molar-refractivity contribution in [2.75, 3.05) is 6.61 Å². The first-order chi connectivity index (χ1) is 7.75. The molecule has 1 aliphatic carbocycles. The Bertz CT molecular complexity index is 346. The summed E-state index contributed by atoms with van der Waals surface area (Å²) in [7, 11) is 0. The van der Waals surface area contributed by atoms with Crippen molar-refractivity contribution in [2.24, 2.45) is 5.92 Å². The van der Waals surface area contributed by atoms with Crippen molar-refractivity contribution in [1.29, 1.82) is 0 Å². The van der Waals surface area contributed by atoms with Gasteiger partial charge in [-0.05, 0) is 30.9 Å². The number of halogens is 2. The van der Waals surface area contributed by atoms with Crippen molar-refractivity contribution in [3.8, 4) is 5.75 Å². The third kappa shape index (κ3) is 2.94. The average Bonchev–Trinajstić information content (AvgIpc) is 2.32. The van der Waals surface area contributed by atoms with E-state index in [1.54, 1.807) is 0 Å². The molecule has 88 valence electrons. The van der Waals surface area contributed by atoms with Crippen molar-refractivity contribution in [1.82, 2.24) is 0 Å². The van der Waals surface area contributed by atoms with Gasteiger partial charge in [-0.3, -0.25) is 0 Å². The maximum atomic E-state index is 12.9. The van der Waals surface area contributed by atoms with Crippen molar-refractivity contribution in [3.05, 3.63) is 29.8 Å². The molecule has 0 unspecified atom stereocenters. The minimum atomic E-state index is -0.846. The van der Waals surface area contributed by atoms with E-state index in [1.807, 2.05) is 0 Å². The summed E-state index contributed by atoms with van der Waals surface area (Å²) >= 11 is 0. The van der Waals surface area contributed by atoms with Crippen LogP contribution in [0.4, 0.5) is 8.78 Å². The van der Waals surface area contributed by atoms with Crippen LogP contribution in [-0.4, -0.2) is 6.61 Å². The smallest absolute Gasteiger partial charge is 0.162 e. The van der Waals surface area contributed by atoms with Crippen LogP contribution in [0.3, 0.4) is 0 Å². The number of hydrogen-bond acceptors (Lipinski definition) is 1. The number of rotatable bonds is 3. The predicted octanol–water partition coefficient (Wildman–Crippen LogP) is 3.92. The predicted molar refractivity (Wildman–Crippen MR) is 58.4 cm³/mol. The molecule has 1 nitrogen and oxygen atoms in total. The standard InChI is InChI=1S/C13H16F2O/c14-12-7-6-11(8-13(12)15)16-9-10-4-2-1-3-5-10/h6-8,10H,1-5,9H2. The largest absolute Gasteiger partial charge is 0.493 e. The summed E-state index contributed by atoms with van der Waals surface area (Å²) in [6, 6.07) is 3.69. The lowest BCUT2D eigenvalue weighted by Gasteiger charge is -2.21. The second-order valence-corrected chi connectivity index (χ2v) is 4.39. The quantitative estimate of drug-likeness (QED) is 0.759. The molecule has 1 aromatic rings. The fraction of sp³-hybridized carbons (Fsp3) is 0.538. The molecule has 0 amide bonds. The van der Waals surface area contributed by atoms with E-state index < -0.39 is 11.6 Å². The van der Waals surface area contributed by atoms with Crippen LogP contribution in [0.2, 0.25) is 0 Å². The summed E-state index contributed by atoms with van der Waals surface area (Å²) in [6.07, 6.45) is 6.19. The SMILES string of the molecule is Fc1ccc(OCC2CCCCC2)cc1F. The molecule has 0 bridgehead atoms. The topological polar surface area (TPSA) is 9.23 Å². The fourth-order valence-corrected chi connectivity index (χ4v) is 2.13. The second-order valence-electron chi connectivity index (χ2n) is 4.39. The number of ether oxygens (including phenoxy) is 1. The van der Waals surface area contributed by atoms with Gasteiger partial charge in [0.1, 0.15) is 5.75 Å². The molecule has 0 aromatic heterocycles. The van der Waals surface area contributed by atoms with Gasteiger partial charge in [-0.25, -0.2) is 8.78 Å². The lowest BCUT2D eigenvalue weighted by molar-refractivity contribution is 0.208. The van der Waals surface area contributed by atoms with Gasteiger partial charge in [-0.15, -0.1) is 0 Å². The third-order valence-electron chi connectivity index (χ3n) is 3.10. The van der Waals surface area contributed by atoms with Crippen molar-refractivity contribution in [3.63, 3.8) is 0 Å². The Hall–Kier alpha value is -1.12. The van der Waals surface area contributed by atoms with Crippen molar-refractivity contribution in [2.45, 2.75) is 32.1 Å². The summed E-state index contributed by atoms with van der Waals surface area (Å²) in [4.78, 5) is 0. The summed E-state index contributed by atoms with van der Waals surface area (Å²) in [5, 5.41) is 0. The molecule has 2 rings (SSSR count). The van der Waals surface area contributed by atoms with Crippen LogP contribution < -0.4 is 4.74 Å². The van der Waals surface area contributed by atoms with Crippen LogP contribution in [0.5, 0.6) is 5.75 Å². The Morgan fingerprint density at radius 1 is 1.06 bits per heavy atom. The van der Waals surface area contributed by atoms with E-state index >= 15 is 0 Å². The zero-order valence-electron chi connectivity index (χ0n) is 9.22. The molecule has 0 atom stereocenters. The minimum absolute atomic E-state index is 0.421. The normalized spacial score (nSPS) is 17.4. The Morgan fingerprint density at radius 3 is 2.50 bits per heavy atom. The summed E-state index contributed by atoms with van der Waals surface area (Å²) < 4.78 is 31.0. The summed E-state index contributed by atoms with van der Waals surface area (Å²) in [5.41, 5.74) is 0. The molecule has 0 radical (unpaired) electrons. The van der Waals surface area contributed by atoms with E-state index in [1.165, 1.54) is 38.2 Å². The van der Waals surface area contributed by atoms with Gasteiger partial charge in [0.15, 0.2) is 11.6 Å². The third-order valence-corrected chi connectivity index (χ3v) is 3.10. The molecule has 1 aliphatic rings. The second kappa shape index (κ2) is 5.28. The lowest BCUT2D eigenvalue weighted by atomic mass is 9.90. The highest BCUT2D eigenvalue weighted by atomic mass is 19.2. The molecule has 0 spiro atoms. The highest BCUT2D eigenvalue weighted by Crippen LogP contribution is 2.25. The zero-order chi connectivity index (χ0) is 11.4. The Kier molecular flexibility index (Phi) is 3.75.